The van der Waals surface area contributed by atoms with Crippen molar-refractivity contribution in [2.75, 3.05) is 19.6 Å². The Kier molecular flexibility index (Phi) is 4.42. The molecule has 1 aromatic heterocycles. The predicted molar refractivity (Wildman–Crippen MR) is 66.4 cm³/mol. The maximum Gasteiger partial charge on any atom is 0.391 e. The normalized spacial score (nSPS) is 20.4. The highest BCUT2D eigenvalue weighted by Crippen LogP contribution is 2.36. The van der Waals surface area contributed by atoms with Crippen LogP contribution in [0.5, 0.6) is 0 Å². The molecule has 6 heteroatoms. The first-order chi connectivity index (χ1) is 9.02. The van der Waals surface area contributed by atoms with E-state index in [0.29, 0.717) is 19.6 Å². The summed E-state index contributed by atoms with van der Waals surface area (Å²) >= 11 is 0. The summed E-state index contributed by atoms with van der Waals surface area (Å²) < 4.78 is 37.9. The quantitative estimate of drug-likeness (QED) is 0.919. The van der Waals surface area contributed by atoms with Crippen molar-refractivity contribution in [3.63, 3.8) is 0 Å². The first-order valence-electron chi connectivity index (χ1n) is 6.43. The van der Waals surface area contributed by atoms with Gasteiger partial charge in [-0.15, -0.1) is 0 Å². The van der Waals surface area contributed by atoms with Gasteiger partial charge in [0.1, 0.15) is 0 Å². The molecule has 1 aromatic rings. The molecule has 0 aromatic carbocycles. The first kappa shape index (κ1) is 14.3. The third-order valence-corrected chi connectivity index (χ3v) is 3.75. The van der Waals surface area contributed by atoms with E-state index in [-0.39, 0.29) is 18.9 Å². The number of hydrogen-bond acceptors (Lipinski definition) is 3. The molecule has 1 fully saturated rings. The van der Waals surface area contributed by atoms with Crippen LogP contribution in [0, 0.1) is 5.92 Å². The molecule has 3 nitrogen and oxygen atoms in total. The molecule has 0 aliphatic carbocycles. The Morgan fingerprint density at radius 3 is 2.32 bits per heavy atom. The minimum Gasteiger partial charge on any atom is -0.329 e. The van der Waals surface area contributed by atoms with E-state index < -0.39 is 12.1 Å². The first-order valence-corrected chi connectivity index (χ1v) is 6.43. The number of likely N-dealkylation sites (tertiary alicyclic amines) is 1. The van der Waals surface area contributed by atoms with Crippen molar-refractivity contribution in [2.24, 2.45) is 11.7 Å². The van der Waals surface area contributed by atoms with Gasteiger partial charge < -0.3 is 5.73 Å². The zero-order valence-electron chi connectivity index (χ0n) is 10.6. The highest BCUT2D eigenvalue weighted by atomic mass is 19.4. The molecule has 1 atom stereocenters. The van der Waals surface area contributed by atoms with Crippen LogP contribution in [0.2, 0.25) is 0 Å². The fraction of sp³-hybridized carbons (Fsp3) is 0.615. The predicted octanol–water partition coefficient (Wildman–Crippen LogP) is 2.36. The summed E-state index contributed by atoms with van der Waals surface area (Å²) in [6.45, 7) is 1.28. The van der Waals surface area contributed by atoms with E-state index in [9.17, 15) is 13.2 Å². The van der Waals surface area contributed by atoms with Crippen molar-refractivity contribution in [1.29, 1.82) is 0 Å². The van der Waals surface area contributed by atoms with Crippen LogP contribution in [0.25, 0.3) is 0 Å². The van der Waals surface area contributed by atoms with E-state index >= 15 is 0 Å². The third kappa shape index (κ3) is 3.45. The average molecular weight is 273 g/mol. The van der Waals surface area contributed by atoms with Gasteiger partial charge in [0.15, 0.2) is 0 Å². The summed E-state index contributed by atoms with van der Waals surface area (Å²) in [5.74, 6) is -1.17. The number of aromatic nitrogens is 1. The molecule has 2 N–H and O–H groups in total. The molecule has 1 aliphatic rings. The van der Waals surface area contributed by atoms with Crippen molar-refractivity contribution in [2.45, 2.75) is 25.1 Å². The van der Waals surface area contributed by atoms with Gasteiger partial charge >= 0.3 is 6.18 Å². The lowest BCUT2D eigenvalue weighted by atomic mass is 9.94. The van der Waals surface area contributed by atoms with Crippen LogP contribution in [0.15, 0.2) is 24.5 Å². The molecule has 2 heterocycles. The van der Waals surface area contributed by atoms with Gasteiger partial charge in [0.2, 0.25) is 0 Å². The molecule has 1 saturated heterocycles. The van der Waals surface area contributed by atoms with Gasteiger partial charge in [-0.05, 0) is 43.6 Å². The van der Waals surface area contributed by atoms with Crippen LogP contribution in [0.3, 0.4) is 0 Å². The van der Waals surface area contributed by atoms with Gasteiger partial charge in [0.25, 0.3) is 0 Å². The van der Waals surface area contributed by atoms with Crippen molar-refractivity contribution in [3.05, 3.63) is 30.1 Å². The van der Waals surface area contributed by atoms with Crippen molar-refractivity contribution < 1.29 is 13.2 Å². The van der Waals surface area contributed by atoms with Gasteiger partial charge in [0.05, 0.1) is 5.92 Å². The molecule has 0 bridgehead atoms. The Morgan fingerprint density at radius 2 is 1.84 bits per heavy atom. The molecule has 0 spiro atoms. The van der Waals surface area contributed by atoms with E-state index in [1.165, 1.54) is 0 Å². The van der Waals surface area contributed by atoms with Crippen LogP contribution < -0.4 is 5.73 Å². The monoisotopic (exact) mass is 273 g/mol. The molecule has 0 amide bonds. The van der Waals surface area contributed by atoms with Gasteiger partial charge in [0, 0.05) is 25.0 Å². The highest BCUT2D eigenvalue weighted by molar-refractivity contribution is 5.15. The number of nitrogens with two attached hydrogens (primary N) is 1. The van der Waals surface area contributed by atoms with Gasteiger partial charge in [-0.25, -0.2) is 0 Å². The van der Waals surface area contributed by atoms with Crippen molar-refractivity contribution in [3.8, 4) is 0 Å². The maximum atomic E-state index is 12.6. The highest BCUT2D eigenvalue weighted by Gasteiger charge is 2.41. The molecular formula is C13H18F3N3. The molecule has 2 rings (SSSR count). The number of alkyl halides is 3. The molecular weight excluding hydrogens is 255 g/mol. The van der Waals surface area contributed by atoms with Crippen LogP contribution in [-0.2, 0) is 0 Å². The lowest BCUT2D eigenvalue weighted by molar-refractivity contribution is -0.186. The average Bonchev–Trinajstić information content (AvgIpc) is 2.40. The van der Waals surface area contributed by atoms with Crippen LogP contribution >= 0.6 is 0 Å². The second-order valence-electron chi connectivity index (χ2n) is 4.88. The van der Waals surface area contributed by atoms with Crippen LogP contribution in [0.1, 0.15) is 24.4 Å². The second kappa shape index (κ2) is 5.88. The minimum absolute atomic E-state index is 0.0165. The molecule has 1 unspecified atom stereocenters. The lowest BCUT2D eigenvalue weighted by Gasteiger charge is -2.37. The Hall–Kier alpha value is -1.14. The molecule has 19 heavy (non-hydrogen) atoms. The Balaban J connectivity index is 2.00. The second-order valence-corrected chi connectivity index (χ2v) is 4.88. The summed E-state index contributed by atoms with van der Waals surface area (Å²) in [5, 5.41) is 0. The maximum absolute atomic E-state index is 12.6. The van der Waals surface area contributed by atoms with E-state index in [1.807, 2.05) is 17.0 Å². The number of nitrogens with zero attached hydrogens (tertiary/aromatic N) is 2. The third-order valence-electron chi connectivity index (χ3n) is 3.75. The number of piperidine rings is 1. The minimum atomic E-state index is -4.07. The Morgan fingerprint density at radius 1 is 1.26 bits per heavy atom. The Labute approximate surface area is 110 Å². The van der Waals surface area contributed by atoms with Crippen molar-refractivity contribution >= 4 is 0 Å². The number of halogens is 3. The van der Waals surface area contributed by atoms with Crippen LogP contribution in [-0.4, -0.2) is 35.7 Å². The Bertz CT molecular complexity index is 386. The largest absolute Gasteiger partial charge is 0.391 e. The molecule has 0 saturated carbocycles. The summed E-state index contributed by atoms with van der Waals surface area (Å²) in [4.78, 5) is 5.98. The van der Waals surface area contributed by atoms with Gasteiger partial charge in [-0.3, -0.25) is 9.88 Å². The van der Waals surface area contributed by atoms with Crippen molar-refractivity contribution in [1.82, 2.24) is 9.88 Å². The lowest BCUT2D eigenvalue weighted by Crippen LogP contribution is -2.42. The number of rotatable bonds is 3. The molecule has 106 valence electrons. The number of hydrogen-bond donors (Lipinski definition) is 1. The smallest absolute Gasteiger partial charge is 0.329 e. The van der Waals surface area contributed by atoms with E-state index in [2.05, 4.69) is 4.98 Å². The van der Waals surface area contributed by atoms with Gasteiger partial charge in [-0.1, -0.05) is 0 Å². The summed E-state index contributed by atoms with van der Waals surface area (Å²) in [6, 6.07) is 3.72. The van der Waals surface area contributed by atoms with E-state index in [0.717, 1.165) is 5.56 Å². The van der Waals surface area contributed by atoms with Gasteiger partial charge in [-0.2, -0.15) is 13.2 Å². The standard InChI is InChI=1S/C13H18F3N3/c14-13(15,16)11-3-7-19(8-4-11)12(9-17)10-1-5-18-6-2-10/h1-2,5-6,11-12H,3-4,7-9,17H2. The molecule has 1 aliphatic heterocycles. The zero-order valence-corrected chi connectivity index (χ0v) is 10.6. The molecule has 0 radical (unpaired) electrons. The van der Waals surface area contributed by atoms with E-state index in [1.54, 1.807) is 12.4 Å². The fourth-order valence-corrected chi connectivity index (χ4v) is 2.62. The fourth-order valence-electron chi connectivity index (χ4n) is 2.62. The summed E-state index contributed by atoms with van der Waals surface area (Å²) in [6.07, 6.45) is -0.391. The van der Waals surface area contributed by atoms with Crippen LogP contribution in [0.4, 0.5) is 13.2 Å². The number of pyridine rings is 1. The zero-order chi connectivity index (χ0) is 13.9. The summed E-state index contributed by atoms with van der Waals surface area (Å²) in [5.41, 5.74) is 6.79. The SMILES string of the molecule is NCC(c1ccncc1)N1CCC(C(F)(F)F)CC1. The topological polar surface area (TPSA) is 42.1 Å². The van der Waals surface area contributed by atoms with E-state index in [4.69, 9.17) is 5.73 Å². The summed E-state index contributed by atoms with van der Waals surface area (Å²) in [7, 11) is 0.